The van der Waals surface area contributed by atoms with Crippen molar-refractivity contribution < 1.29 is 13.6 Å². The lowest BCUT2D eigenvalue weighted by molar-refractivity contribution is 0.0894. The zero-order chi connectivity index (χ0) is 16.2. The van der Waals surface area contributed by atoms with Gasteiger partial charge in [0, 0.05) is 24.7 Å². The van der Waals surface area contributed by atoms with Crippen LogP contribution in [0.4, 0.5) is 4.39 Å². The smallest absolute Gasteiger partial charge is 0.273 e. The van der Waals surface area contributed by atoms with Crippen LogP contribution in [-0.4, -0.2) is 34.9 Å². The Labute approximate surface area is 134 Å². The van der Waals surface area contributed by atoms with Crippen molar-refractivity contribution in [1.82, 2.24) is 15.2 Å². The number of nitrogens with zero attached hydrogens (tertiary/aromatic N) is 2. The molecule has 23 heavy (non-hydrogen) atoms. The molecule has 0 bridgehead atoms. The first-order chi connectivity index (χ1) is 11.1. The van der Waals surface area contributed by atoms with Gasteiger partial charge in [0.25, 0.3) is 5.91 Å². The summed E-state index contributed by atoms with van der Waals surface area (Å²) in [7, 11) is 0. The third-order valence-electron chi connectivity index (χ3n) is 4.15. The number of nitrogens with one attached hydrogen (secondary N) is 1. The second kappa shape index (κ2) is 6.91. The molecule has 2 aromatic rings. The van der Waals surface area contributed by atoms with Gasteiger partial charge in [-0.25, -0.2) is 9.37 Å². The average molecular weight is 317 g/mol. The van der Waals surface area contributed by atoms with Gasteiger partial charge in [0.15, 0.2) is 12.1 Å². The largest absolute Gasteiger partial charge is 0.448 e. The van der Waals surface area contributed by atoms with Crippen LogP contribution in [0, 0.1) is 12.7 Å². The Hall–Kier alpha value is -2.21. The van der Waals surface area contributed by atoms with Crippen molar-refractivity contribution in [2.45, 2.75) is 32.4 Å². The summed E-state index contributed by atoms with van der Waals surface area (Å²) >= 11 is 0. The monoisotopic (exact) mass is 317 g/mol. The van der Waals surface area contributed by atoms with Crippen LogP contribution in [-0.2, 0) is 6.54 Å². The van der Waals surface area contributed by atoms with Crippen LogP contribution in [0.2, 0.25) is 0 Å². The van der Waals surface area contributed by atoms with Crippen LogP contribution in [0.5, 0.6) is 0 Å². The Bertz CT molecular complexity index is 686. The minimum absolute atomic E-state index is 0.0409. The van der Waals surface area contributed by atoms with E-state index in [1.54, 1.807) is 19.1 Å². The molecule has 1 saturated heterocycles. The Balaban J connectivity index is 1.59. The number of oxazole rings is 1. The third kappa shape index (κ3) is 3.76. The topological polar surface area (TPSA) is 58.4 Å². The first-order valence-electron chi connectivity index (χ1n) is 7.80. The lowest BCUT2D eigenvalue weighted by Crippen LogP contribution is -2.47. The highest BCUT2D eigenvalue weighted by atomic mass is 19.1. The molecule has 2 heterocycles. The fourth-order valence-electron chi connectivity index (χ4n) is 2.96. The second-order valence-electron chi connectivity index (χ2n) is 5.90. The number of hydrogen-bond acceptors (Lipinski definition) is 4. The molecule has 1 aliphatic heterocycles. The van der Waals surface area contributed by atoms with E-state index in [1.807, 2.05) is 6.07 Å². The van der Waals surface area contributed by atoms with Gasteiger partial charge in [-0.1, -0.05) is 18.2 Å². The lowest BCUT2D eigenvalue weighted by atomic mass is 10.0. The van der Waals surface area contributed by atoms with E-state index in [2.05, 4.69) is 15.2 Å². The second-order valence-corrected chi connectivity index (χ2v) is 5.90. The molecule has 6 heteroatoms. The highest BCUT2D eigenvalue weighted by Gasteiger charge is 2.24. The molecule has 1 amide bonds. The van der Waals surface area contributed by atoms with Crippen molar-refractivity contribution in [2.75, 3.05) is 13.1 Å². The fraction of sp³-hybridized carbons (Fsp3) is 0.412. The summed E-state index contributed by atoms with van der Waals surface area (Å²) in [5.41, 5.74) is 1.02. The first-order valence-corrected chi connectivity index (χ1v) is 7.80. The van der Waals surface area contributed by atoms with Gasteiger partial charge in [0.05, 0.1) is 0 Å². The SMILES string of the molecule is Cc1ocnc1C(=O)NC1CCCN(Cc2ccccc2F)C1. The summed E-state index contributed by atoms with van der Waals surface area (Å²) in [4.78, 5) is 18.3. The van der Waals surface area contributed by atoms with E-state index in [0.717, 1.165) is 19.4 Å². The van der Waals surface area contributed by atoms with Crippen molar-refractivity contribution >= 4 is 5.91 Å². The molecule has 1 N–H and O–H groups in total. The van der Waals surface area contributed by atoms with E-state index in [1.165, 1.54) is 12.5 Å². The maximum Gasteiger partial charge on any atom is 0.273 e. The molecule has 1 fully saturated rings. The molecule has 1 atom stereocenters. The third-order valence-corrected chi connectivity index (χ3v) is 4.15. The molecular formula is C17H20FN3O2. The Morgan fingerprint density at radius 2 is 2.30 bits per heavy atom. The molecule has 122 valence electrons. The molecule has 0 radical (unpaired) electrons. The standard InChI is InChI=1S/C17H20FN3O2/c1-12-16(19-11-23-12)17(22)20-14-6-4-8-21(10-14)9-13-5-2-3-7-15(13)18/h2-3,5,7,11,14H,4,6,8-10H2,1H3,(H,20,22). The summed E-state index contributed by atoms with van der Waals surface area (Å²) in [5, 5.41) is 3.00. The summed E-state index contributed by atoms with van der Waals surface area (Å²) in [6, 6.07) is 6.86. The summed E-state index contributed by atoms with van der Waals surface area (Å²) in [5.74, 6) is 0.118. The number of rotatable bonds is 4. The zero-order valence-electron chi connectivity index (χ0n) is 13.1. The molecule has 0 saturated carbocycles. The molecule has 5 nitrogen and oxygen atoms in total. The number of likely N-dealkylation sites (tertiary alicyclic amines) is 1. The van der Waals surface area contributed by atoms with E-state index in [-0.39, 0.29) is 17.8 Å². The fourth-order valence-corrected chi connectivity index (χ4v) is 2.96. The van der Waals surface area contributed by atoms with Crippen LogP contribution in [0.15, 0.2) is 35.1 Å². The quantitative estimate of drug-likeness (QED) is 0.941. The van der Waals surface area contributed by atoms with E-state index < -0.39 is 0 Å². The summed E-state index contributed by atoms with van der Waals surface area (Å²) < 4.78 is 18.8. The van der Waals surface area contributed by atoms with Gasteiger partial charge >= 0.3 is 0 Å². The molecule has 1 aliphatic rings. The predicted octanol–water partition coefficient (Wildman–Crippen LogP) is 2.52. The Kier molecular flexibility index (Phi) is 4.71. The van der Waals surface area contributed by atoms with Gasteiger partial charge in [-0.3, -0.25) is 9.69 Å². The number of halogens is 1. The molecule has 1 aromatic heterocycles. The number of hydrogen-bond donors (Lipinski definition) is 1. The highest BCUT2D eigenvalue weighted by Crippen LogP contribution is 2.16. The van der Waals surface area contributed by atoms with Gasteiger partial charge in [0.2, 0.25) is 0 Å². The zero-order valence-corrected chi connectivity index (χ0v) is 13.1. The average Bonchev–Trinajstić information content (AvgIpc) is 2.96. The summed E-state index contributed by atoms with van der Waals surface area (Å²) in [6.45, 7) is 3.88. The van der Waals surface area contributed by atoms with Gasteiger partial charge < -0.3 is 9.73 Å². The minimum Gasteiger partial charge on any atom is -0.448 e. The molecule has 0 aliphatic carbocycles. The molecule has 0 spiro atoms. The maximum absolute atomic E-state index is 13.8. The number of amides is 1. The van der Waals surface area contributed by atoms with Crippen molar-refractivity contribution in [3.05, 3.63) is 53.5 Å². The highest BCUT2D eigenvalue weighted by molar-refractivity contribution is 5.93. The van der Waals surface area contributed by atoms with Crippen LogP contribution in [0.25, 0.3) is 0 Å². The van der Waals surface area contributed by atoms with Gasteiger partial charge in [0.1, 0.15) is 11.6 Å². The number of piperidine rings is 1. The van der Waals surface area contributed by atoms with Crippen LogP contribution < -0.4 is 5.32 Å². The lowest BCUT2D eigenvalue weighted by Gasteiger charge is -2.33. The van der Waals surface area contributed by atoms with Crippen molar-refractivity contribution in [2.24, 2.45) is 0 Å². The minimum atomic E-state index is -0.214. The Morgan fingerprint density at radius 3 is 3.04 bits per heavy atom. The molecular weight excluding hydrogens is 297 g/mol. The number of carbonyl (C=O) groups is 1. The van der Waals surface area contributed by atoms with E-state index in [9.17, 15) is 9.18 Å². The predicted molar refractivity (Wildman–Crippen MR) is 83.4 cm³/mol. The van der Waals surface area contributed by atoms with Crippen LogP contribution in [0.3, 0.4) is 0 Å². The Morgan fingerprint density at radius 1 is 1.48 bits per heavy atom. The normalized spacial score (nSPS) is 18.8. The number of carbonyl (C=O) groups excluding carboxylic acids is 1. The van der Waals surface area contributed by atoms with Crippen molar-refractivity contribution in [1.29, 1.82) is 0 Å². The van der Waals surface area contributed by atoms with E-state index in [0.29, 0.717) is 30.1 Å². The van der Waals surface area contributed by atoms with Gasteiger partial charge in [-0.05, 0) is 32.4 Å². The van der Waals surface area contributed by atoms with Crippen molar-refractivity contribution in [3.63, 3.8) is 0 Å². The molecule has 3 rings (SSSR count). The van der Waals surface area contributed by atoms with Crippen LogP contribution >= 0.6 is 0 Å². The number of benzene rings is 1. The molecule has 1 aromatic carbocycles. The van der Waals surface area contributed by atoms with E-state index in [4.69, 9.17) is 4.42 Å². The number of aryl methyl sites for hydroxylation is 1. The number of aromatic nitrogens is 1. The summed E-state index contributed by atoms with van der Waals surface area (Å²) in [6.07, 6.45) is 3.16. The van der Waals surface area contributed by atoms with Gasteiger partial charge in [-0.2, -0.15) is 0 Å². The van der Waals surface area contributed by atoms with Crippen LogP contribution in [0.1, 0.15) is 34.7 Å². The van der Waals surface area contributed by atoms with Crippen molar-refractivity contribution in [3.8, 4) is 0 Å². The van der Waals surface area contributed by atoms with Gasteiger partial charge in [-0.15, -0.1) is 0 Å². The van der Waals surface area contributed by atoms with E-state index >= 15 is 0 Å². The first kappa shape index (κ1) is 15.7. The maximum atomic E-state index is 13.8. The molecule has 1 unspecified atom stereocenters.